The molecule has 0 unspecified atom stereocenters. The summed E-state index contributed by atoms with van der Waals surface area (Å²) in [5.41, 5.74) is 0.0920. The summed E-state index contributed by atoms with van der Waals surface area (Å²) in [7, 11) is 0. The third-order valence-electron chi connectivity index (χ3n) is 3.13. The summed E-state index contributed by atoms with van der Waals surface area (Å²) >= 11 is 0. The highest BCUT2D eigenvalue weighted by Gasteiger charge is 2.44. The van der Waals surface area contributed by atoms with Crippen molar-refractivity contribution in [3.8, 4) is 0 Å². The van der Waals surface area contributed by atoms with Crippen molar-refractivity contribution >= 4 is 0 Å². The summed E-state index contributed by atoms with van der Waals surface area (Å²) < 4.78 is 11.8. The maximum Gasteiger partial charge on any atom is 0.106 e. The van der Waals surface area contributed by atoms with E-state index in [9.17, 15) is 4.53 Å². The van der Waals surface area contributed by atoms with Gasteiger partial charge in [0.2, 0.25) is 0 Å². The van der Waals surface area contributed by atoms with E-state index in [1.807, 2.05) is 0 Å². The van der Waals surface area contributed by atoms with E-state index in [1.165, 1.54) is 12.8 Å². The van der Waals surface area contributed by atoms with Crippen LogP contribution in [0.15, 0.2) is 0 Å². The average Bonchev–Trinajstić information content (AvgIpc) is 2.45. The van der Waals surface area contributed by atoms with Gasteiger partial charge in [-0.15, -0.1) is 0 Å². The van der Waals surface area contributed by atoms with Gasteiger partial charge in [0.25, 0.3) is 0 Å². The zero-order valence-corrected chi connectivity index (χ0v) is 6.68. The number of hydrogen-bond acceptors (Lipinski definition) is 2. The Balaban J connectivity index is 2.07. The molecule has 2 aliphatic rings. The fourth-order valence-electron chi connectivity index (χ4n) is 2.56. The molecule has 0 spiro atoms. The monoisotopic (exact) mass is 159 g/mol. The number of fused-ring (bicyclic) bond motifs is 1. The lowest BCUT2D eigenvalue weighted by Crippen LogP contribution is -2.41. The second-order valence-electron chi connectivity index (χ2n) is 3.67. The maximum atomic E-state index is 11.8. The molecule has 0 amide bonds. The lowest BCUT2D eigenvalue weighted by Gasteiger charge is -2.29. The molecule has 0 radical (unpaired) electrons. The third-order valence-corrected chi connectivity index (χ3v) is 3.13. The molecule has 0 atom stereocenters. The van der Waals surface area contributed by atoms with E-state index < -0.39 is 0 Å². The normalized spacial score (nSPS) is 29.2. The molecule has 2 fully saturated rings. The number of halogens is 1. The topological polar surface area (TPSA) is 12.5 Å². The highest BCUT2D eigenvalue weighted by Crippen LogP contribution is 2.38. The van der Waals surface area contributed by atoms with Crippen LogP contribution in [0, 0.1) is 0 Å². The predicted octanol–water partition coefficient (Wildman–Crippen LogP) is 1.52. The van der Waals surface area contributed by atoms with E-state index in [0.717, 1.165) is 25.9 Å². The van der Waals surface area contributed by atoms with Crippen molar-refractivity contribution in [1.29, 1.82) is 0 Å². The van der Waals surface area contributed by atoms with Crippen molar-refractivity contribution in [2.24, 2.45) is 0 Å². The highest BCUT2D eigenvalue weighted by atomic mass is 19.3. The second-order valence-corrected chi connectivity index (χ2v) is 3.67. The Hall–Kier alpha value is -0.150. The molecule has 2 nitrogen and oxygen atoms in total. The number of hydrogen-bond donors (Lipinski definition) is 0. The van der Waals surface area contributed by atoms with Crippen LogP contribution >= 0.6 is 0 Å². The van der Waals surface area contributed by atoms with Crippen LogP contribution < -0.4 is 0 Å². The molecule has 0 saturated carbocycles. The van der Waals surface area contributed by atoms with Crippen molar-refractivity contribution in [2.75, 3.05) is 19.7 Å². The van der Waals surface area contributed by atoms with E-state index in [0.29, 0.717) is 0 Å². The summed E-state index contributed by atoms with van der Waals surface area (Å²) in [5, 5.41) is 0. The summed E-state index contributed by atoms with van der Waals surface area (Å²) in [4.78, 5) is 6.17. The molecular weight excluding hydrogens is 145 g/mol. The fraction of sp³-hybridized carbons (Fsp3) is 1.00. The molecule has 2 heterocycles. The van der Waals surface area contributed by atoms with Gasteiger partial charge in [0.1, 0.15) is 6.61 Å². The minimum atomic E-state index is 0.0920. The van der Waals surface area contributed by atoms with Crippen molar-refractivity contribution in [2.45, 2.75) is 31.2 Å². The molecule has 3 heteroatoms. The number of nitrogens with zero attached hydrogens (tertiary/aromatic N) is 1. The highest BCUT2D eigenvalue weighted by molar-refractivity contribution is 4.99. The van der Waals surface area contributed by atoms with Crippen molar-refractivity contribution < 1.29 is 9.47 Å². The van der Waals surface area contributed by atoms with Crippen molar-refractivity contribution in [3.63, 3.8) is 0 Å². The molecule has 0 aromatic carbocycles. The van der Waals surface area contributed by atoms with Gasteiger partial charge in [0.15, 0.2) is 0 Å². The van der Waals surface area contributed by atoms with Crippen LogP contribution in [-0.2, 0) is 4.94 Å². The summed E-state index contributed by atoms with van der Waals surface area (Å²) in [5.74, 6) is 0. The third kappa shape index (κ3) is 1.07. The zero-order chi connectivity index (χ0) is 7.73. The minimum absolute atomic E-state index is 0.0920. The molecule has 0 aromatic rings. The van der Waals surface area contributed by atoms with Crippen LogP contribution in [0.5, 0.6) is 0 Å². The van der Waals surface area contributed by atoms with Crippen LogP contribution in [-0.4, -0.2) is 30.1 Å². The van der Waals surface area contributed by atoms with Gasteiger partial charge in [-0.2, -0.15) is 4.94 Å². The average molecular weight is 159 g/mol. The lowest BCUT2D eigenvalue weighted by atomic mass is 9.95. The van der Waals surface area contributed by atoms with E-state index in [1.54, 1.807) is 0 Å². The van der Waals surface area contributed by atoms with Crippen LogP contribution in [0.1, 0.15) is 25.7 Å². The largest absolute Gasteiger partial charge is 0.295 e. The van der Waals surface area contributed by atoms with E-state index >= 15 is 0 Å². The van der Waals surface area contributed by atoms with Crippen LogP contribution in [0.4, 0.5) is 4.53 Å². The van der Waals surface area contributed by atoms with Gasteiger partial charge in [-0.1, -0.05) is 0 Å². The van der Waals surface area contributed by atoms with Crippen LogP contribution in [0.2, 0.25) is 0 Å². The van der Waals surface area contributed by atoms with Gasteiger partial charge in [-0.3, -0.25) is 4.90 Å². The molecule has 2 aliphatic heterocycles. The predicted molar refractivity (Wildman–Crippen MR) is 39.8 cm³/mol. The molecule has 64 valence electrons. The molecule has 11 heavy (non-hydrogen) atoms. The SMILES string of the molecule is FOCC12CCCN1CCC2. The molecule has 0 aromatic heterocycles. The lowest BCUT2D eigenvalue weighted by molar-refractivity contribution is -0.161. The Labute approximate surface area is 66.2 Å². The quantitative estimate of drug-likeness (QED) is 0.605. The molecule has 2 saturated heterocycles. The first-order valence-corrected chi connectivity index (χ1v) is 4.36. The Bertz CT molecular complexity index is 141. The van der Waals surface area contributed by atoms with Crippen molar-refractivity contribution in [1.82, 2.24) is 4.90 Å². The molecule has 0 aliphatic carbocycles. The van der Waals surface area contributed by atoms with Crippen molar-refractivity contribution in [3.05, 3.63) is 0 Å². The van der Waals surface area contributed by atoms with Gasteiger partial charge in [-0.05, 0) is 43.3 Å². The van der Waals surface area contributed by atoms with Gasteiger partial charge in [0, 0.05) is 5.54 Å². The number of rotatable bonds is 2. The first-order chi connectivity index (χ1) is 5.37. The summed E-state index contributed by atoms with van der Waals surface area (Å²) in [6.07, 6.45) is 4.67. The summed E-state index contributed by atoms with van der Waals surface area (Å²) in [6.45, 7) is 2.57. The second kappa shape index (κ2) is 2.72. The Morgan fingerprint density at radius 2 is 1.91 bits per heavy atom. The first kappa shape index (κ1) is 7.50. The van der Waals surface area contributed by atoms with Gasteiger partial charge < -0.3 is 0 Å². The minimum Gasteiger partial charge on any atom is -0.295 e. The standard InChI is InChI=1S/C8H14FNO/c9-11-7-8-3-1-5-10(8)6-2-4-8/h1-7H2. The smallest absolute Gasteiger partial charge is 0.106 e. The molecular formula is C8H14FNO. The fourth-order valence-corrected chi connectivity index (χ4v) is 2.56. The summed E-state index contributed by atoms with van der Waals surface area (Å²) in [6, 6.07) is 0. The molecule has 0 N–H and O–H groups in total. The molecule has 2 rings (SSSR count). The van der Waals surface area contributed by atoms with Crippen LogP contribution in [0.3, 0.4) is 0 Å². The maximum absolute atomic E-state index is 11.8. The van der Waals surface area contributed by atoms with E-state index in [4.69, 9.17) is 0 Å². The van der Waals surface area contributed by atoms with E-state index in [-0.39, 0.29) is 12.1 Å². The Morgan fingerprint density at radius 1 is 1.27 bits per heavy atom. The van der Waals surface area contributed by atoms with Gasteiger partial charge >= 0.3 is 0 Å². The molecule has 0 bridgehead atoms. The zero-order valence-electron chi connectivity index (χ0n) is 6.68. The first-order valence-electron chi connectivity index (χ1n) is 4.36. The van der Waals surface area contributed by atoms with E-state index in [2.05, 4.69) is 9.84 Å². The Morgan fingerprint density at radius 3 is 2.45 bits per heavy atom. The van der Waals surface area contributed by atoms with Gasteiger partial charge in [0.05, 0.1) is 0 Å². The van der Waals surface area contributed by atoms with Gasteiger partial charge in [-0.25, -0.2) is 0 Å². The Kier molecular flexibility index (Phi) is 1.85. The van der Waals surface area contributed by atoms with Crippen LogP contribution in [0.25, 0.3) is 0 Å².